The van der Waals surface area contributed by atoms with Gasteiger partial charge < -0.3 is 4.90 Å². The third kappa shape index (κ3) is 6.89. The van der Waals surface area contributed by atoms with E-state index in [0.717, 1.165) is 17.1 Å². The lowest BCUT2D eigenvalue weighted by Gasteiger charge is -2.35. The smallest absolute Gasteiger partial charge is 0.0714 e. The molecule has 0 N–H and O–H groups in total. The first-order valence-corrected chi connectivity index (χ1v) is 22.8. The average Bonchev–Trinajstić information content (AvgIpc) is 3.65. The molecule has 304 valence electrons. The van der Waals surface area contributed by atoms with Crippen LogP contribution in [0.15, 0.2) is 224 Å². The fourth-order valence-electron chi connectivity index (χ4n) is 10.9. The van der Waals surface area contributed by atoms with Crippen molar-refractivity contribution in [1.82, 2.24) is 0 Å². The molecule has 1 saturated carbocycles. The largest absolute Gasteiger partial charge is 0.310 e. The summed E-state index contributed by atoms with van der Waals surface area (Å²) in [4.78, 5) is 2.47. The lowest BCUT2D eigenvalue weighted by atomic mass is 9.67. The van der Waals surface area contributed by atoms with E-state index >= 15 is 0 Å². The summed E-state index contributed by atoms with van der Waals surface area (Å²) in [6.07, 6.45) is 6.58. The van der Waals surface area contributed by atoms with Gasteiger partial charge in [0.05, 0.1) is 5.41 Å². The van der Waals surface area contributed by atoms with E-state index in [9.17, 15) is 0 Å². The van der Waals surface area contributed by atoms with Crippen molar-refractivity contribution in [2.75, 3.05) is 4.90 Å². The predicted octanol–water partition coefficient (Wildman–Crippen LogP) is 16.9. The number of anilines is 3. The van der Waals surface area contributed by atoms with Crippen LogP contribution in [0.5, 0.6) is 0 Å². The SMILES string of the molecule is Cc1ccc2c(c1)C(c1ccccc1)(c1ccccc1)c1cc(N(c3ccc(-c4ccccc4-c4ccccc4-c4ccccc4)cc3)c3ccc(C4CCCCC4)cc3)ccc1-2. The van der Waals surface area contributed by atoms with Gasteiger partial charge in [0.15, 0.2) is 0 Å². The average molecular weight is 810 g/mol. The highest BCUT2D eigenvalue weighted by molar-refractivity contribution is 5.93. The summed E-state index contributed by atoms with van der Waals surface area (Å²) in [6, 6.07) is 83.7. The molecule has 0 heterocycles. The van der Waals surface area contributed by atoms with Crippen molar-refractivity contribution in [3.05, 3.63) is 258 Å². The third-order valence-electron chi connectivity index (χ3n) is 13.8. The zero-order valence-electron chi connectivity index (χ0n) is 35.9. The Morgan fingerprint density at radius 3 is 1.38 bits per heavy atom. The molecule has 0 saturated heterocycles. The molecule has 0 unspecified atom stereocenters. The molecule has 0 amide bonds. The van der Waals surface area contributed by atoms with Crippen molar-refractivity contribution in [2.24, 2.45) is 0 Å². The molecule has 0 atom stereocenters. The van der Waals surface area contributed by atoms with Gasteiger partial charge in [0.25, 0.3) is 0 Å². The second kappa shape index (κ2) is 16.6. The number of hydrogen-bond acceptors (Lipinski definition) is 1. The lowest BCUT2D eigenvalue weighted by Crippen LogP contribution is -2.28. The van der Waals surface area contributed by atoms with Gasteiger partial charge in [-0.2, -0.15) is 0 Å². The zero-order chi connectivity index (χ0) is 42.2. The second-order valence-corrected chi connectivity index (χ2v) is 17.5. The van der Waals surface area contributed by atoms with Crippen molar-refractivity contribution in [3.8, 4) is 44.5 Å². The minimum Gasteiger partial charge on any atom is -0.310 e. The standard InChI is InChI=1S/C62H51N/c1-44-30-40-58-59-41-39-53(43-61(59)62(60(58)42-44,49-22-10-4-11-23-49)50-24-12-5-13-25-50)63(51-35-31-46(32-36-51)45-18-6-2-7-19-45)52-37-33-48(34-38-52)55-27-15-17-29-57(55)56-28-16-14-26-54(56)47-20-8-3-9-21-47/h3-5,8-17,20-43,45H,2,6-7,18-19H2,1H3. The van der Waals surface area contributed by atoms with Gasteiger partial charge in [0.1, 0.15) is 0 Å². The fourth-order valence-corrected chi connectivity index (χ4v) is 10.9. The van der Waals surface area contributed by atoms with Crippen LogP contribution in [0.1, 0.15) is 71.4 Å². The van der Waals surface area contributed by atoms with Crippen molar-refractivity contribution in [1.29, 1.82) is 0 Å². The van der Waals surface area contributed by atoms with Gasteiger partial charge in [0, 0.05) is 17.1 Å². The Bertz CT molecular complexity index is 2970. The van der Waals surface area contributed by atoms with E-state index in [1.54, 1.807) is 0 Å². The van der Waals surface area contributed by atoms with E-state index in [2.05, 4.69) is 236 Å². The quantitative estimate of drug-likeness (QED) is 0.140. The van der Waals surface area contributed by atoms with Crippen LogP contribution >= 0.6 is 0 Å². The molecular formula is C62H51N. The van der Waals surface area contributed by atoms with Gasteiger partial charge in [-0.05, 0) is 134 Å². The van der Waals surface area contributed by atoms with E-state index < -0.39 is 5.41 Å². The van der Waals surface area contributed by atoms with E-state index in [0.29, 0.717) is 5.92 Å². The summed E-state index contributed by atoms with van der Waals surface area (Å²) in [5.74, 6) is 0.645. The molecule has 0 radical (unpaired) electrons. The molecule has 0 aliphatic heterocycles. The number of rotatable bonds is 9. The molecule has 1 nitrogen and oxygen atoms in total. The molecule has 0 bridgehead atoms. The highest BCUT2D eigenvalue weighted by Gasteiger charge is 2.46. The minimum atomic E-state index is -0.491. The van der Waals surface area contributed by atoms with Crippen LogP contribution in [0, 0.1) is 6.92 Å². The summed E-state index contributed by atoms with van der Waals surface area (Å²) in [7, 11) is 0. The maximum atomic E-state index is 2.49. The summed E-state index contributed by atoms with van der Waals surface area (Å²) >= 11 is 0. The van der Waals surface area contributed by atoms with Crippen LogP contribution in [-0.2, 0) is 5.41 Å². The van der Waals surface area contributed by atoms with Gasteiger partial charge >= 0.3 is 0 Å². The molecular weight excluding hydrogens is 759 g/mol. The Morgan fingerprint density at radius 2 is 0.810 bits per heavy atom. The van der Waals surface area contributed by atoms with Gasteiger partial charge in [-0.15, -0.1) is 0 Å². The zero-order valence-corrected chi connectivity index (χ0v) is 35.9. The first-order chi connectivity index (χ1) is 31.2. The summed E-state index contributed by atoms with van der Waals surface area (Å²) < 4.78 is 0. The maximum absolute atomic E-state index is 2.49. The number of aryl methyl sites for hydroxylation is 1. The number of benzene rings is 9. The number of fused-ring (bicyclic) bond motifs is 3. The Balaban J connectivity index is 1.07. The fraction of sp³-hybridized carbons (Fsp3) is 0.129. The van der Waals surface area contributed by atoms with Crippen LogP contribution in [0.25, 0.3) is 44.5 Å². The van der Waals surface area contributed by atoms with Crippen molar-refractivity contribution in [2.45, 2.75) is 50.4 Å². The van der Waals surface area contributed by atoms with Crippen LogP contribution in [-0.4, -0.2) is 0 Å². The van der Waals surface area contributed by atoms with Crippen molar-refractivity contribution < 1.29 is 0 Å². The maximum Gasteiger partial charge on any atom is 0.0714 e. The Hall–Kier alpha value is -7.22. The normalized spacial score (nSPS) is 14.2. The van der Waals surface area contributed by atoms with Gasteiger partial charge in [0.2, 0.25) is 0 Å². The summed E-state index contributed by atoms with van der Waals surface area (Å²) in [6.45, 7) is 2.22. The molecule has 0 spiro atoms. The first-order valence-electron chi connectivity index (χ1n) is 22.8. The van der Waals surface area contributed by atoms with Gasteiger partial charge in [-0.25, -0.2) is 0 Å². The molecule has 2 aliphatic rings. The minimum absolute atomic E-state index is 0.491. The monoisotopic (exact) mass is 809 g/mol. The molecule has 11 rings (SSSR count). The molecule has 63 heavy (non-hydrogen) atoms. The first kappa shape index (κ1) is 38.7. The molecule has 0 aromatic heterocycles. The van der Waals surface area contributed by atoms with Crippen LogP contribution in [0.2, 0.25) is 0 Å². The summed E-state index contributed by atoms with van der Waals surface area (Å²) in [5, 5.41) is 0. The third-order valence-corrected chi connectivity index (χ3v) is 13.8. The molecule has 2 aliphatic carbocycles. The van der Waals surface area contributed by atoms with E-state index in [4.69, 9.17) is 0 Å². The van der Waals surface area contributed by atoms with Crippen LogP contribution in [0.4, 0.5) is 17.1 Å². The number of nitrogens with zero attached hydrogens (tertiary/aromatic N) is 1. The molecule has 1 heteroatoms. The van der Waals surface area contributed by atoms with Crippen molar-refractivity contribution >= 4 is 17.1 Å². The number of hydrogen-bond donors (Lipinski definition) is 0. The van der Waals surface area contributed by atoms with Crippen LogP contribution in [0.3, 0.4) is 0 Å². The lowest BCUT2D eigenvalue weighted by molar-refractivity contribution is 0.443. The summed E-state index contributed by atoms with van der Waals surface area (Å²) in [5.41, 5.74) is 20.8. The molecule has 9 aromatic rings. The van der Waals surface area contributed by atoms with Gasteiger partial charge in [-0.3, -0.25) is 0 Å². The highest BCUT2D eigenvalue weighted by atomic mass is 15.1. The van der Waals surface area contributed by atoms with Gasteiger partial charge in [-0.1, -0.05) is 213 Å². The topological polar surface area (TPSA) is 3.24 Å². The molecule has 9 aromatic carbocycles. The highest BCUT2D eigenvalue weighted by Crippen LogP contribution is 2.57. The van der Waals surface area contributed by atoms with E-state index in [1.165, 1.54) is 110 Å². The Labute approximate surface area is 373 Å². The molecule has 1 fully saturated rings. The predicted molar refractivity (Wildman–Crippen MR) is 265 cm³/mol. The van der Waals surface area contributed by atoms with E-state index in [1.807, 2.05) is 0 Å². The van der Waals surface area contributed by atoms with E-state index in [-0.39, 0.29) is 0 Å². The van der Waals surface area contributed by atoms with Crippen LogP contribution < -0.4 is 4.90 Å². The Kier molecular flexibility index (Phi) is 10.2. The Morgan fingerprint density at radius 1 is 0.365 bits per heavy atom. The van der Waals surface area contributed by atoms with Crippen molar-refractivity contribution in [3.63, 3.8) is 0 Å². The second-order valence-electron chi connectivity index (χ2n) is 17.5.